The van der Waals surface area contributed by atoms with Gasteiger partial charge < -0.3 is 33.3 Å². The van der Waals surface area contributed by atoms with Gasteiger partial charge in [-0.15, -0.1) is 0 Å². The van der Waals surface area contributed by atoms with E-state index >= 15 is 0 Å². The fraction of sp³-hybridized carbons (Fsp3) is 0.686. The Kier molecular flexibility index (Phi) is 71.1. The second-order valence-electron chi connectivity index (χ2n) is 26.9. The first-order valence-electron chi connectivity index (χ1n) is 39.0. The number of allylic oxidation sites excluding steroid dienone is 24. The molecule has 0 heterocycles. The van der Waals surface area contributed by atoms with E-state index in [0.717, 1.165) is 116 Å². The van der Waals surface area contributed by atoms with Crippen molar-refractivity contribution in [1.82, 2.24) is 0 Å². The Bertz CT molecular complexity index is 2080. The van der Waals surface area contributed by atoms with Gasteiger partial charge in [0, 0.05) is 12.8 Å². The molecule has 0 aliphatic carbocycles. The third-order valence-corrected chi connectivity index (χ3v) is 16.6. The van der Waals surface area contributed by atoms with Crippen LogP contribution in [0, 0.1) is 0 Å². The second kappa shape index (κ2) is 75.0. The Morgan fingerprint density at radius 1 is 0.316 bits per heavy atom. The number of likely N-dealkylation sites (N-methyl/N-ethyl adjacent to an activating group) is 1. The van der Waals surface area contributed by atoms with Crippen molar-refractivity contribution in [2.24, 2.45) is 0 Å². The van der Waals surface area contributed by atoms with E-state index in [1.54, 1.807) is 0 Å². The Balaban J connectivity index is 4.07. The maximum atomic E-state index is 13.0. The summed E-state index contributed by atoms with van der Waals surface area (Å²) in [5.74, 6) is -2.28. The molecule has 0 N–H and O–H groups in total. The fourth-order valence-corrected chi connectivity index (χ4v) is 10.7. The summed E-state index contributed by atoms with van der Waals surface area (Å²) >= 11 is 0. The van der Waals surface area contributed by atoms with Gasteiger partial charge in [0.1, 0.15) is 13.2 Å². The van der Waals surface area contributed by atoms with Crippen molar-refractivity contribution in [2.45, 2.75) is 334 Å². The minimum atomic E-state index is -1.63. The third-order valence-electron chi connectivity index (χ3n) is 16.6. The number of ether oxygens (including phenoxy) is 4. The maximum absolute atomic E-state index is 13.0. The van der Waals surface area contributed by atoms with Crippen LogP contribution in [0.3, 0.4) is 0 Å². The monoisotopic (exact) mass is 1320 g/mol. The zero-order chi connectivity index (χ0) is 69.0. The van der Waals surface area contributed by atoms with Crippen molar-refractivity contribution in [2.75, 3.05) is 47.5 Å². The van der Waals surface area contributed by atoms with Crippen LogP contribution >= 0.6 is 0 Å². The molecule has 2 unspecified atom stereocenters. The van der Waals surface area contributed by atoms with E-state index in [-0.39, 0.29) is 38.6 Å². The number of carbonyl (C=O) groups excluding carboxylic acids is 3. The zero-order valence-corrected chi connectivity index (χ0v) is 62.0. The van der Waals surface area contributed by atoms with E-state index in [0.29, 0.717) is 17.4 Å². The molecule has 0 aromatic rings. The van der Waals surface area contributed by atoms with Gasteiger partial charge in [0.15, 0.2) is 12.4 Å². The molecule has 9 nitrogen and oxygen atoms in total. The summed E-state index contributed by atoms with van der Waals surface area (Å²) in [6.45, 7) is 4.54. The number of unbranched alkanes of at least 4 members (excludes halogenated alkanes) is 32. The molecule has 0 aromatic carbocycles. The molecule has 0 spiro atoms. The Morgan fingerprint density at radius 2 is 0.568 bits per heavy atom. The standard InChI is InChI=1S/C86H145NO8/c1-6-8-10-12-14-16-18-20-22-24-26-28-30-32-34-36-38-40-41-42-43-45-47-49-51-53-55-57-59-61-63-65-67-69-71-73-75-77-84(89)95-82(81-94-86(85(90)91)92-79-78-87(3,4)5)80-93-83(88)76-74-72-70-68-66-64-62-60-58-56-54-52-50-48-46-44-39-37-35-33-31-29-27-25-23-21-19-17-15-13-11-9-7-2/h8-11,14-17,20-23,26-29,32,34,38,40,42-43,47,49,82,86H,6-7,12-13,18-19,24-25,30-31,33,35-37,39,41,44-46,48,50-81H2,1-5H3/b10-8-,11-9-,16-14-,17-15-,22-20-,23-21-,28-26-,29-27-,34-32-,40-38-,43-42-,49-47-. The third kappa shape index (κ3) is 76.4. The first kappa shape index (κ1) is 90.2. The zero-order valence-electron chi connectivity index (χ0n) is 62.0. The van der Waals surface area contributed by atoms with Gasteiger partial charge in [-0.25, -0.2) is 0 Å². The van der Waals surface area contributed by atoms with Crippen molar-refractivity contribution in [3.8, 4) is 0 Å². The molecule has 0 saturated heterocycles. The molecule has 0 aromatic heterocycles. The average molecular weight is 1320 g/mol. The number of aliphatic carboxylic acids is 1. The summed E-state index contributed by atoms with van der Waals surface area (Å²) in [4.78, 5) is 37.6. The smallest absolute Gasteiger partial charge is 0.306 e. The fourth-order valence-electron chi connectivity index (χ4n) is 10.7. The van der Waals surface area contributed by atoms with Gasteiger partial charge in [-0.1, -0.05) is 339 Å². The minimum Gasteiger partial charge on any atom is -0.545 e. The molecule has 0 saturated carbocycles. The predicted molar refractivity (Wildman–Crippen MR) is 407 cm³/mol. The lowest BCUT2D eigenvalue weighted by atomic mass is 10.0. The number of quaternary nitrogens is 1. The molecule has 0 bridgehead atoms. The van der Waals surface area contributed by atoms with Gasteiger partial charge in [-0.2, -0.15) is 0 Å². The van der Waals surface area contributed by atoms with Crippen LogP contribution in [-0.4, -0.2) is 82.3 Å². The molecule has 0 amide bonds. The average Bonchev–Trinajstić information content (AvgIpc) is 3.75. The van der Waals surface area contributed by atoms with Gasteiger partial charge >= 0.3 is 11.9 Å². The van der Waals surface area contributed by atoms with E-state index in [4.69, 9.17) is 18.9 Å². The molecule has 0 fully saturated rings. The van der Waals surface area contributed by atoms with Crippen molar-refractivity contribution < 1.29 is 42.9 Å². The van der Waals surface area contributed by atoms with Crippen LogP contribution in [-0.2, 0) is 33.3 Å². The van der Waals surface area contributed by atoms with E-state index in [2.05, 4.69) is 160 Å². The summed E-state index contributed by atoms with van der Waals surface area (Å²) in [7, 11) is 5.93. The predicted octanol–water partition coefficient (Wildman–Crippen LogP) is 23.7. The molecular weight excluding hydrogens is 1170 g/mol. The number of hydrogen-bond acceptors (Lipinski definition) is 8. The quantitative estimate of drug-likeness (QED) is 0.0195. The normalized spacial score (nSPS) is 13.5. The van der Waals surface area contributed by atoms with Crippen LogP contribution in [0.4, 0.5) is 0 Å². The number of carbonyl (C=O) groups is 3. The van der Waals surface area contributed by atoms with Crippen molar-refractivity contribution in [3.05, 3.63) is 146 Å². The second-order valence-corrected chi connectivity index (χ2v) is 26.9. The lowest BCUT2D eigenvalue weighted by Gasteiger charge is -2.26. The summed E-state index contributed by atoms with van der Waals surface area (Å²) < 4.78 is 22.9. The Labute approximate surface area is 585 Å². The topological polar surface area (TPSA) is 111 Å². The molecule has 0 aliphatic heterocycles. The van der Waals surface area contributed by atoms with Gasteiger partial charge in [0.05, 0.1) is 40.3 Å². The van der Waals surface area contributed by atoms with Crippen LogP contribution < -0.4 is 5.11 Å². The minimum absolute atomic E-state index is 0.143. The molecule has 0 radical (unpaired) electrons. The molecular formula is C86H145NO8. The number of rotatable bonds is 71. The van der Waals surface area contributed by atoms with Gasteiger partial charge in [-0.3, -0.25) is 9.59 Å². The highest BCUT2D eigenvalue weighted by Gasteiger charge is 2.22. The summed E-state index contributed by atoms with van der Waals surface area (Å²) in [5.41, 5.74) is 0. The largest absolute Gasteiger partial charge is 0.545 e. The molecule has 9 heteroatoms. The summed E-state index contributed by atoms with van der Waals surface area (Å²) in [5, 5.41) is 11.9. The number of nitrogens with zero attached hydrogens (tertiary/aromatic N) is 1. The van der Waals surface area contributed by atoms with Crippen molar-refractivity contribution in [1.29, 1.82) is 0 Å². The van der Waals surface area contributed by atoms with E-state index in [9.17, 15) is 19.5 Å². The highest BCUT2D eigenvalue weighted by molar-refractivity contribution is 5.70. The number of hydrogen-bond donors (Lipinski definition) is 0. The number of carboxylic acid groups (broad SMARTS) is 1. The van der Waals surface area contributed by atoms with Gasteiger partial charge in [0.2, 0.25) is 0 Å². The number of carboxylic acids is 1. The van der Waals surface area contributed by atoms with Crippen LogP contribution in [0.15, 0.2) is 146 Å². The van der Waals surface area contributed by atoms with Crippen LogP contribution in [0.1, 0.15) is 322 Å². The molecule has 0 rings (SSSR count). The van der Waals surface area contributed by atoms with Gasteiger partial charge in [-0.05, 0) is 116 Å². The van der Waals surface area contributed by atoms with E-state index in [1.807, 2.05) is 21.1 Å². The highest BCUT2D eigenvalue weighted by Crippen LogP contribution is 2.18. The van der Waals surface area contributed by atoms with Crippen LogP contribution in [0.5, 0.6) is 0 Å². The molecule has 95 heavy (non-hydrogen) atoms. The van der Waals surface area contributed by atoms with Gasteiger partial charge in [0.25, 0.3) is 0 Å². The number of esters is 2. The van der Waals surface area contributed by atoms with E-state index in [1.165, 1.54) is 173 Å². The highest BCUT2D eigenvalue weighted by atomic mass is 16.7. The SMILES string of the molecule is CC/C=C\C/C=C\C/C=C\C/C=C\C/C=C\C/C=C\C/C=C\C/C=C\CCCCCCCCCCCCCCC(=O)OC(COC(=O)CCCCCCCCCCCCCCCCCCCCCC/C=C\C/C=C\C/C=C\C/C=C\CC)COC(OCC[N+](C)(C)C)C(=O)[O-]. The van der Waals surface area contributed by atoms with Crippen LogP contribution in [0.2, 0.25) is 0 Å². The molecule has 2 atom stereocenters. The van der Waals surface area contributed by atoms with Crippen LogP contribution in [0.25, 0.3) is 0 Å². The Hall–Kier alpha value is -4.83. The van der Waals surface area contributed by atoms with Crippen molar-refractivity contribution >= 4 is 17.9 Å². The summed E-state index contributed by atoms with van der Waals surface area (Å²) in [6.07, 6.45) is 107. The molecule has 0 aliphatic rings. The lowest BCUT2D eigenvalue weighted by molar-refractivity contribution is -0.870. The summed E-state index contributed by atoms with van der Waals surface area (Å²) in [6, 6.07) is 0. The molecule has 542 valence electrons. The van der Waals surface area contributed by atoms with E-state index < -0.39 is 24.3 Å². The lowest BCUT2D eigenvalue weighted by Crippen LogP contribution is -2.44. The first-order valence-corrected chi connectivity index (χ1v) is 39.0. The van der Waals surface area contributed by atoms with Crippen molar-refractivity contribution in [3.63, 3.8) is 0 Å². The Morgan fingerprint density at radius 3 is 0.842 bits per heavy atom. The maximum Gasteiger partial charge on any atom is 0.306 e. The first-order chi connectivity index (χ1) is 46.6.